The van der Waals surface area contributed by atoms with Crippen LogP contribution in [0.25, 0.3) is 0 Å². The Hall–Kier alpha value is -1.19. The zero-order chi connectivity index (χ0) is 18.1. The van der Waals surface area contributed by atoms with Crippen molar-refractivity contribution in [3.05, 3.63) is 28.8 Å². The van der Waals surface area contributed by atoms with Crippen LogP contribution in [0.4, 0.5) is 0 Å². The maximum atomic E-state index is 12.3. The topological polar surface area (TPSA) is 84.9 Å². The molecule has 0 aliphatic carbocycles. The Morgan fingerprint density at radius 3 is 2.52 bits per heavy atom. The number of aryl methyl sites for hydroxylation is 1. The molecule has 2 aliphatic rings. The van der Waals surface area contributed by atoms with Crippen molar-refractivity contribution in [3.63, 3.8) is 0 Å². The van der Waals surface area contributed by atoms with Gasteiger partial charge in [0.25, 0.3) is 0 Å². The molecule has 7 nitrogen and oxygen atoms in total. The molecular weight excluding hydrogens is 368 g/mol. The molecule has 138 valence electrons. The summed E-state index contributed by atoms with van der Waals surface area (Å²) in [4.78, 5) is 14.0. The lowest BCUT2D eigenvalue weighted by atomic mass is 10.0. The van der Waals surface area contributed by atoms with Gasteiger partial charge >= 0.3 is 0 Å². The van der Waals surface area contributed by atoms with E-state index >= 15 is 0 Å². The van der Waals surface area contributed by atoms with Crippen molar-refractivity contribution in [3.8, 4) is 0 Å². The Labute approximate surface area is 152 Å². The van der Waals surface area contributed by atoms with Gasteiger partial charge in [-0.15, -0.1) is 0 Å². The minimum Gasteiger partial charge on any atom is -0.347 e. The first-order valence-electron chi connectivity index (χ1n) is 8.13. The third-order valence-electron chi connectivity index (χ3n) is 4.54. The average Bonchev–Trinajstić information content (AvgIpc) is 3.04. The first-order chi connectivity index (χ1) is 11.8. The summed E-state index contributed by atoms with van der Waals surface area (Å²) in [6, 6.07) is 4.43. The molecule has 2 aliphatic heterocycles. The fourth-order valence-corrected chi connectivity index (χ4v) is 4.20. The lowest BCUT2D eigenvalue weighted by Gasteiger charge is -2.37. The largest absolute Gasteiger partial charge is 0.347 e. The highest BCUT2D eigenvalue weighted by Gasteiger charge is 2.40. The molecule has 9 heteroatoms. The molecule has 1 N–H and O–H groups in total. The van der Waals surface area contributed by atoms with E-state index in [1.54, 1.807) is 11.8 Å². The molecule has 1 aromatic rings. The van der Waals surface area contributed by atoms with E-state index in [2.05, 4.69) is 4.72 Å². The number of carbonyl (C=O) groups is 1. The van der Waals surface area contributed by atoms with E-state index in [0.717, 1.165) is 0 Å². The van der Waals surface area contributed by atoms with Crippen molar-refractivity contribution < 1.29 is 22.7 Å². The summed E-state index contributed by atoms with van der Waals surface area (Å²) in [5, 5.41) is 0.494. The van der Waals surface area contributed by atoms with Crippen molar-refractivity contribution in [2.75, 3.05) is 32.8 Å². The van der Waals surface area contributed by atoms with Gasteiger partial charge in [0.2, 0.25) is 15.9 Å². The minimum atomic E-state index is -3.76. The minimum absolute atomic E-state index is 0.0903. The Kier molecular flexibility index (Phi) is 5.36. The zero-order valence-electron chi connectivity index (χ0n) is 14.0. The summed E-state index contributed by atoms with van der Waals surface area (Å²) in [6.07, 6.45) is 1.20. The van der Waals surface area contributed by atoms with Crippen molar-refractivity contribution in [2.45, 2.75) is 30.4 Å². The fraction of sp³-hybridized carbons (Fsp3) is 0.562. The normalized spacial score (nSPS) is 20.2. The molecule has 2 saturated heterocycles. The van der Waals surface area contributed by atoms with E-state index in [0.29, 0.717) is 49.7 Å². The van der Waals surface area contributed by atoms with Crippen LogP contribution in [-0.2, 0) is 24.3 Å². The van der Waals surface area contributed by atoms with Crippen LogP contribution in [0, 0.1) is 6.92 Å². The molecule has 2 fully saturated rings. The van der Waals surface area contributed by atoms with Gasteiger partial charge in [-0.25, -0.2) is 13.1 Å². The van der Waals surface area contributed by atoms with Gasteiger partial charge < -0.3 is 14.4 Å². The van der Waals surface area contributed by atoms with Crippen LogP contribution in [0.15, 0.2) is 23.1 Å². The SMILES string of the molecule is Cc1cc(S(=O)(=O)NCC(=O)N2CCC3(CC2)OCCO3)ccc1Cl. The molecule has 0 unspecified atom stereocenters. The molecular formula is C16H21ClN2O5S. The van der Waals surface area contributed by atoms with Gasteiger partial charge in [-0.05, 0) is 30.7 Å². The Morgan fingerprint density at radius 2 is 1.92 bits per heavy atom. The molecule has 0 saturated carbocycles. The number of halogens is 1. The average molecular weight is 389 g/mol. The number of likely N-dealkylation sites (tertiary alicyclic amines) is 1. The van der Waals surface area contributed by atoms with Crippen LogP contribution < -0.4 is 4.72 Å². The third-order valence-corrected chi connectivity index (χ3v) is 6.37. The quantitative estimate of drug-likeness (QED) is 0.840. The van der Waals surface area contributed by atoms with Crippen molar-refractivity contribution in [1.82, 2.24) is 9.62 Å². The summed E-state index contributed by atoms with van der Waals surface area (Å²) in [6.45, 7) is 3.58. The monoisotopic (exact) mass is 388 g/mol. The van der Waals surface area contributed by atoms with E-state index < -0.39 is 15.8 Å². The van der Waals surface area contributed by atoms with Crippen LogP contribution in [0.3, 0.4) is 0 Å². The number of ether oxygens (including phenoxy) is 2. The lowest BCUT2D eigenvalue weighted by Crippen LogP contribution is -2.49. The molecule has 1 aromatic carbocycles. The summed E-state index contributed by atoms with van der Waals surface area (Å²) in [7, 11) is -3.76. The van der Waals surface area contributed by atoms with Crippen LogP contribution in [0.2, 0.25) is 5.02 Å². The number of rotatable bonds is 4. The highest BCUT2D eigenvalue weighted by molar-refractivity contribution is 7.89. The van der Waals surface area contributed by atoms with Gasteiger partial charge in [-0.2, -0.15) is 0 Å². The number of sulfonamides is 1. The van der Waals surface area contributed by atoms with Gasteiger partial charge in [0.1, 0.15) is 0 Å². The second kappa shape index (κ2) is 7.20. The molecule has 0 atom stereocenters. The Bertz CT molecular complexity index is 752. The molecule has 0 radical (unpaired) electrons. The summed E-state index contributed by atoms with van der Waals surface area (Å²) < 4.78 is 38.2. The number of piperidine rings is 1. The fourth-order valence-electron chi connectivity index (χ4n) is 3.02. The maximum absolute atomic E-state index is 12.3. The highest BCUT2D eigenvalue weighted by Crippen LogP contribution is 2.31. The summed E-state index contributed by atoms with van der Waals surface area (Å²) in [5.74, 6) is -0.820. The Morgan fingerprint density at radius 1 is 1.28 bits per heavy atom. The van der Waals surface area contributed by atoms with Gasteiger partial charge in [0.15, 0.2) is 5.79 Å². The summed E-state index contributed by atoms with van der Waals surface area (Å²) in [5.41, 5.74) is 0.661. The number of benzene rings is 1. The van der Waals surface area contributed by atoms with E-state index in [-0.39, 0.29) is 17.3 Å². The van der Waals surface area contributed by atoms with Gasteiger partial charge in [0, 0.05) is 31.0 Å². The number of nitrogens with zero attached hydrogens (tertiary/aromatic N) is 1. The maximum Gasteiger partial charge on any atom is 0.241 e. The van der Waals surface area contributed by atoms with Crippen LogP contribution in [0.1, 0.15) is 18.4 Å². The number of amides is 1. The van der Waals surface area contributed by atoms with E-state index in [4.69, 9.17) is 21.1 Å². The smallest absolute Gasteiger partial charge is 0.241 e. The first-order valence-corrected chi connectivity index (χ1v) is 9.99. The predicted octanol–water partition coefficient (Wildman–Crippen LogP) is 1.29. The standard InChI is InChI=1S/C16H21ClN2O5S/c1-12-10-13(2-3-14(12)17)25(21,22)18-11-15(20)19-6-4-16(5-7-19)23-8-9-24-16/h2-3,10,18H,4-9,11H2,1H3. The molecule has 0 aromatic heterocycles. The summed E-state index contributed by atoms with van der Waals surface area (Å²) >= 11 is 5.91. The highest BCUT2D eigenvalue weighted by atomic mass is 35.5. The van der Waals surface area contributed by atoms with E-state index in [1.807, 2.05) is 0 Å². The lowest BCUT2D eigenvalue weighted by molar-refractivity contribution is -0.187. The van der Waals surface area contributed by atoms with Crippen molar-refractivity contribution >= 4 is 27.5 Å². The second-order valence-corrected chi connectivity index (χ2v) is 8.40. The molecule has 3 rings (SSSR count). The molecule has 1 amide bonds. The number of hydrogen-bond donors (Lipinski definition) is 1. The second-order valence-electron chi connectivity index (χ2n) is 6.22. The van der Waals surface area contributed by atoms with Gasteiger partial charge in [-0.3, -0.25) is 4.79 Å². The predicted molar refractivity (Wildman–Crippen MR) is 91.8 cm³/mol. The van der Waals surface area contributed by atoms with Crippen LogP contribution >= 0.6 is 11.6 Å². The molecule has 2 heterocycles. The zero-order valence-corrected chi connectivity index (χ0v) is 15.5. The number of nitrogens with one attached hydrogen (secondary N) is 1. The molecule has 25 heavy (non-hydrogen) atoms. The molecule has 1 spiro atoms. The molecule has 0 bridgehead atoms. The van der Waals surface area contributed by atoms with E-state index in [1.165, 1.54) is 18.2 Å². The van der Waals surface area contributed by atoms with Crippen molar-refractivity contribution in [1.29, 1.82) is 0 Å². The Balaban J connectivity index is 1.55. The number of carbonyl (C=O) groups excluding carboxylic acids is 1. The van der Waals surface area contributed by atoms with Crippen LogP contribution in [-0.4, -0.2) is 57.9 Å². The first kappa shape index (κ1) is 18.6. The van der Waals surface area contributed by atoms with Gasteiger partial charge in [0.05, 0.1) is 24.7 Å². The number of hydrogen-bond acceptors (Lipinski definition) is 5. The van der Waals surface area contributed by atoms with Gasteiger partial charge in [-0.1, -0.05) is 11.6 Å². The van der Waals surface area contributed by atoms with Crippen LogP contribution in [0.5, 0.6) is 0 Å². The van der Waals surface area contributed by atoms with Crippen molar-refractivity contribution in [2.24, 2.45) is 0 Å². The third kappa shape index (κ3) is 4.15. The van der Waals surface area contributed by atoms with E-state index in [9.17, 15) is 13.2 Å².